The number of fused-ring (bicyclic) bond motifs is 2. The summed E-state index contributed by atoms with van der Waals surface area (Å²) in [4.78, 5) is 12.4. The van der Waals surface area contributed by atoms with Crippen molar-refractivity contribution in [2.24, 2.45) is 17.3 Å². The van der Waals surface area contributed by atoms with Gasteiger partial charge >= 0.3 is 5.97 Å². The molecule has 0 amide bonds. The Balaban J connectivity index is 1.51. The second-order valence-electron chi connectivity index (χ2n) is 7.64. The molecule has 3 aliphatic rings. The summed E-state index contributed by atoms with van der Waals surface area (Å²) in [5.74, 6) is 0.916. The first-order chi connectivity index (χ1) is 11.6. The first-order valence-corrected chi connectivity index (χ1v) is 8.90. The molecular formula is C20H25NO3. The predicted molar refractivity (Wildman–Crippen MR) is 91.1 cm³/mol. The van der Waals surface area contributed by atoms with Gasteiger partial charge in [0.2, 0.25) is 0 Å². The standard InChI is InChI=1S/C20H25NO3/c1-13-5-3-7-20(2)10-18-15(9-17(13)20)16(19(22)24-18)12-21-11-14-6-4-8-23-14/h4-6,8-9,15-16,18,21H,3,7,10-12H2,1-2H3. The minimum Gasteiger partial charge on any atom is -0.468 e. The van der Waals surface area contributed by atoms with Crippen molar-refractivity contribution in [1.82, 2.24) is 5.32 Å². The monoisotopic (exact) mass is 327 g/mol. The van der Waals surface area contributed by atoms with Gasteiger partial charge in [0.05, 0.1) is 18.7 Å². The molecule has 4 nitrogen and oxygen atoms in total. The summed E-state index contributed by atoms with van der Waals surface area (Å²) < 4.78 is 11.1. The Kier molecular flexibility index (Phi) is 3.87. The molecule has 4 rings (SSSR count). The smallest absolute Gasteiger partial charge is 0.311 e. The third kappa shape index (κ3) is 2.63. The van der Waals surface area contributed by atoms with Crippen LogP contribution in [0.5, 0.6) is 0 Å². The molecule has 1 fully saturated rings. The molecule has 0 spiro atoms. The van der Waals surface area contributed by atoms with Crippen LogP contribution in [-0.2, 0) is 16.1 Å². The van der Waals surface area contributed by atoms with E-state index in [0.717, 1.165) is 25.0 Å². The van der Waals surface area contributed by atoms with Crippen LogP contribution in [0.3, 0.4) is 0 Å². The van der Waals surface area contributed by atoms with Crippen molar-refractivity contribution in [2.75, 3.05) is 6.54 Å². The van der Waals surface area contributed by atoms with E-state index in [0.29, 0.717) is 13.1 Å². The van der Waals surface area contributed by atoms with Crippen LogP contribution in [0.2, 0.25) is 0 Å². The number of allylic oxidation sites excluding steroid dienone is 3. The molecule has 4 atom stereocenters. The van der Waals surface area contributed by atoms with Gasteiger partial charge in [-0.15, -0.1) is 0 Å². The minimum absolute atomic E-state index is 0.0348. The summed E-state index contributed by atoms with van der Waals surface area (Å²) in [5.41, 5.74) is 2.98. The maximum absolute atomic E-state index is 12.4. The molecule has 24 heavy (non-hydrogen) atoms. The van der Waals surface area contributed by atoms with E-state index >= 15 is 0 Å². The van der Waals surface area contributed by atoms with Crippen molar-refractivity contribution in [3.63, 3.8) is 0 Å². The molecule has 2 aliphatic carbocycles. The van der Waals surface area contributed by atoms with Crippen molar-refractivity contribution in [1.29, 1.82) is 0 Å². The molecule has 1 N–H and O–H groups in total. The summed E-state index contributed by atoms with van der Waals surface area (Å²) in [7, 11) is 0. The van der Waals surface area contributed by atoms with E-state index in [1.165, 1.54) is 11.1 Å². The van der Waals surface area contributed by atoms with Crippen LogP contribution in [0.1, 0.15) is 38.9 Å². The summed E-state index contributed by atoms with van der Waals surface area (Å²) >= 11 is 0. The van der Waals surface area contributed by atoms with E-state index in [9.17, 15) is 4.79 Å². The van der Waals surface area contributed by atoms with E-state index in [2.05, 4.69) is 31.3 Å². The second-order valence-corrected chi connectivity index (χ2v) is 7.64. The summed E-state index contributed by atoms with van der Waals surface area (Å²) in [5, 5.41) is 3.35. The highest BCUT2D eigenvalue weighted by Crippen LogP contribution is 2.52. The van der Waals surface area contributed by atoms with Gasteiger partial charge in [-0.3, -0.25) is 4.79 Å². The number of rotatable bonds is 4. The molecule has 1 aromatic rings. The Bertz CT molecular complexity index is 688. The van der Waals surface area contributed by atoms with Gasteiger partial charge in [-0.25, -0.2) is 0 Å². The number of hydrogen-bond acceptors (Lipinski definition) is 4. The Morgan fingerprint density at radius 2 is 2.29 bits per heavy atom. The lowest BCUT2D eigenvalue weighted by atomic mass is 9.62. The lowest BCUT2D eigenvalue weighted by Crippen LogP contribution is -2.38. The number of hydrogen-bond donors (Lipinski definition) is 1. The average Bonchev–Trinajstić information content (AvgIpc) is 3.14. The van der Waals surface area contributed by atoms with Gasteiger partial charge in [0, 0.05) is 12.5 Å². The molecule has 1 saturated heterocycles. The molecule has 0 radical (unpaired) electrons. The Morgan fingerprint density at radius 1 is 1.42 bits per heavy atom. The van der Waals surface area contributed by atoms with Gasteiger partial charge in [-0.1, -0.05) is 24.6 Å². The number of ether oxygens (including phenoxy) is 1. The van der Waals surface area contributed by atoms with Gasteiger partial charge in [0.25, 0.3) is 0 Å². The van der Waals surface area contributed by atoms with Crippen LogP contribution in [0.4, 0.5) is 0 Å². The minimum atomic E-state index is -0.100. The van der Waals surface area contributed by atoms with E-state index in [-0.39, 0.29) is 29.3 Å². The number of carbonyl (C=O) groups excluding carboxylic acids is 1. The van der Waals surface area contributed by atoms with Gasteiger partial charge in [0.1, 0.15) is 11.9 Å². The lowest BCUT2D eigenvalue weighted by Gasteiger charge is -2.42. The fourth-order valence-corrected chi connectivity index (χ4v) is 4.63. The van der Waals surface area contributed by atoms with Crippen molar-refractivity contribution in [2.45, 2.75) is 45.8 Å². The summed E-state index contributed by atoms with van der Waals surface area (Å²) in [6, 6.07) is 3.81. The van der Waals surface area contributed by atoms with Gasteiger partial charge in [-0.2, -0.15) is 0 Å². The zero-order chi connectivity index (χ0) is 16.7. The van der Waals surface area contributed by atoms with Crippen LogP contribution in [0.15, 0.2) is 46.1 Å². The number of esters is 1. The Hall–Kier alpha value is -1.81. The molecule has 1 aliphatic heterocycles. The molecule has 0 bridgehead atoms. The molecule has 2 heterocycles. The maximum Gasteiger partial charge on any atom is 0.311 e. The first-order valence-electron chi connectivity index (χ1n) is 8.90. The highest BCUT2D eigenvalue weighted by Gasteiger charge is 2.50. The summed E-state index contributed by atoms with van der Waals surface area (Å²) in [6.45, 7) is 5.79. The second kappa shape index (κ2) is 5.92. The predicted octanol–water partition coefficient (Wildman–Crippen LogP) is 3.60. The zero-order valence-electron chi connectivity index (χ0n) is 14.4. The third-order valence-corrected chi connectivity index (χ3v) is 5.94. The van der Waals surface area contributed by atoms with Gasteiger partial charge in [0.15, 0.2) is 0 Å². The number of furan rings is 1. The largest absolute Gasteiger partial charge is 0.468 e. The molecule has 4 unspecified atom stereocenters. The van der Waals surface area contributed by atoms with Crippen LogP contribution < -0.4 is 5.32 Å². The fraction of sp³-hybridized carbons (Fsp3) is 0.550. The number of nitrogens with one attached hydrogen (secondary N) is 1. The maximum atomic E-state index is 12.4. The Morgan fingerprint density at radius 3 is 3.08 bits per heavy atom. The molecular weight excluding hydrogens is 302 g/mol. The molecule has 1 aromatic heterocycles. The number of carbonyl (C=O) groups is 1. The molecule has 0 saturated carbocycles. The highest BCUT2D eigenvalue weighted by molar-refractivity contribution is 5.76. The fourth-order valence-electron chi connectivity index (χ4n) is 4.63. The first kappa shape index (κ1) is 15.7. The topological polar surface area (TPSA) is 51.5 Å². The average molecular weight is 327 g/mol. The van der Waals surface area contributed by atoms with E-state index < -0.39 is 0 Å². The lowest BCUT2D eigenvalue weighted by molar-refractivity contribution is -0.145. The van der Waals surface area contributed by atoms with Crippen molar-refractivity contribution in [3.05, 3.63) is 47.5 Å². The van der Waals surface area contributed by atoms with E-state index in [4.69, 9.17) is 9.15 Å². The van der Waals surface area contributed by atoms with Crippen molar-refractivity contribution >= 4 is 5.97 Å². The Labute approximate surface area is 142 Å². The van der Waals surface area contributed by atoms with Gasteiger partial charge < -0.3 is 14.5 Å². The zero-order valence-corrected chi connectivity index (χ0v) is 14.4. The molecule has 128 valence electrons. The normalized spacial score (nSPS) is 34.9. The van der Waals surface area contributed by atoms with Crippen LogP contribution in [0.25, 0.3) is 0 Å². The SMILES string of the molecule is CC1=CCCC2(C)CC3OC(=O)C(CNCc4ccco4)C3C=C12. The molecule has 0 aromatic carbocycles. The van der Waals surface area contributed by atoms with Crippen LogP contribution >= 0.6 is 0 Å². The van der Waals surface area contributed by atoms with Gasteiger partial charge in [-0.05, 0) is 49.3 Å². The van der Waals surface area contributed by atoms with Crippen LogP contribution in [0, 0.1) is 17.3 Å². The van der Waals surface area contributed by atoms with E-state index in [1.807, 2.05) is 12.1 Å². The highest BCUT2D eigenvalue weighted by atomic mass is 16.6. The van der Waals surface area contributed by atoms with Crippen LogP contribution in [-0.4, -0.2) is 18.6 Å². The summed E-state index contributed by atoms with van der Waals surface area (Å²) in [6.07, 6.45) is 9.60. The van der Waals surface area contributed by atoms with E-state index in [1.54, 1.807) is 6.26 Å². The van der Waals surface area contributed by atoms with Crippen molar-refractivity contribution in [3.8, 4) is 0 Å². The quantitative estimate of drug-likeness (QED) is 0.859. The van der Waals surface area contributed by atoms with Crippen molar-refractivity contribution < 1.29 is 13.9 Å². The molecule has 4 heteroatoms. The third-order valence-electron chi connectivity index (χ3n) is 5.94.